The number of anilines is 2. The highest BCUT2D eigenvalue weighted by molar-refractivity contribution is 6.04. The zero-order chi connectivity index (χ0) is 16.7. The first-order chi connectivity index (χ1) is 11.2. The molecule has 6 heteroatoms. The Morgan fingerprint density at radius 1 is 1.13 bits per heavy atom. The Balaban J connectivity index is 2.09. The molecule has 122 valence electrons. The highest BCUT2D eigenvalue weighted by atomic mass is 16.5. The third kappa shape index (κ3) is 4.60. The second-order valence-electron chi connectivity index (χ2n) is 4.91. The van der Waals surface area contributed by atoms with E-state index in [2.05, 4.69) is 22.5 Å². The van der Waals surface area contributed by atoms with E-state index in [9.17, 15) is 4.79 Å². The summed E-state index contributed by atoms with van der Waals surface area (Å²) in [6.45, 7) is 2.95. The van der Waals surface area contributed by atoms with Crippen molar-refractivity contribution >= 4 is 17.4 Å². The molecule has 0 aliphatic rings. The van der Waals surface area contributed by atoms with E-state index in [4.69, 9.17) is 9.47 Å². The fourth-order valence-corrected chi connectivity index (χ4v) is 1.97. The quantitative estimate of drug-likeness (QED) is 0.821. The number of nitrogens with one attached hydrogen (secondary N) is 2. The monoisotopic (exact) mass is 315 g/mol. The number of methoxy groups -OCH3 is 2. The molecule has 1 aromatic carbocycles. The molecule has 0 aliphatic heterocycles. The number of rotatable bonds is 7. The van der Waals surface area contributed by atoms with E-state index >= 15 is 0 Å². The Labute approximate surface area is 135 Å². The molecule has 0 saturated carbocycles. The molecule has 0 aliphatic carbocycles. The van der Waals surface area contributed by atoms with Crippen LogP contribution < -0.4 is 20.1 Å². The first kappa shape index (κ1) is 16.6. The fourth-order valence-electron chi connectivity index (χ4n) is 1.97. The number of carbonyl (C=O) groups is 1. The Morgan fingerprint density at radius 2 is 1.83 bits per heavy atom. The number of nitrogens with zero attached hydrogens (tertiary/aromatic N) is 1. The molecular formula is C17H21N3O3. The standard InChI is InChI=1S/C17H21N3O3/c1-4-7-18-16-6-5-13(11-19-16)20-17(21)12-8-14(22-2)10-15(9-12)23-3/h5-6,8-11H,4,7H2,1-3H3,(H,18,19)(H,20,21). The van der Waals surface area contributed by atoms with Crippen molar-refractivity contribution in [3.63, 3.8) is 0 Å². The molecule has 1 heterocycles. The first-order valence-corrected chi connectivity index (χ1v) is 7.40. The molecule has 23 heavy (non-hydrogen) atoms. The van der Waals surface area contributed by atoms with Gasteiger partial charge in [0.05, 0.1) is 26.1 Å². The minimum atomic E-state index is -0.252. The van der Waals surface area contributed by atoms with E-state index in [0.717, 1.165) is 18.8 Å². The molecule has 0 bridgehead atoms. The van der Waals surface area contributed by atoms with E-state index < -0.39 is 0 Å². The van der Waals surface area contributed by atoms with Gasteiger partial charge in [0.15, 0.2) is 0 Å². The van der Waals surface area contributed by atoms with Gasteiger partial charge in [0.1, 0.15) is 17.3 Å². The number of carbonyl (C=O) groups excluding carboxylic acids is 1. The number of amides is 1. The topological polar surface area (TPSA) is 72.5 Å². The van der Waals surface area contributed by atoms with Gasteiger partial charge in [-0.15, -0.1) is 0 Å². The van der Waals surface area contributed by atoms with Gasteiger partial charge >= 0.3 is 0 Å². The Kier molecular flexibility index (Phi) is 5.80. The summed E-state index contributed by atoms with van der Waals surface area (Å²) in [7, 11) is 3.09. The summed E-state index contributed by atoms with van der Waals surface area (Å²) in [5, 5.41) is 5.98. The molecule has 0 atom stereocenters. The normalized spacial score (nSPS) is 10.0. The third-order valence-corrected chi connectivity index (χ3v) is 3.19. The minimum absolute atomic E-state index is 0.252. The van der Waals surface area contributed by atoms with Gasteiger partial charge < -0.3 is 20.1 Å². The Hall–Kier alpha value is -2.76. The van der Waals surface area contributed by atoms with Gasteiger partial charge in [-0.05, 0) is 30.7 Å². The van der Waals surface area contributed by atoms with Crippen LogP contribution in [-0.2, 0) is 0 Å². The van der Waals surface area contributed by atoms with Crippen LogP contribution in [0.3, 0.4) is 0 Å². The number of aromatic nitrogens is 1. The molecule has 1 amide bonds. The van der Waals surface area contributed by atoms with Gasteiger partial charge in [0.25, 0.3) is 5.91 Å². The molecule has 2 rings (SSSR count). The van der Waals surface area contributed by atoms with E-state index in [1.165, 1.54) is 0 Å². The SMILES string of the molecule is CCCNc1ccc(NC(=O)c2cc(OC)cc(OC)c2)cn1. The van der Waals surface area contributed by atoms with Crippen LogP contribution in [0.1, 0.15) is 23.7 Å². The van der Waals surface area contributed by atoms with Crippen molar-refractivity contribution < 1.29 is 14.3 Å². The molecule has 6 nitrogen and oxygen atoms in total. The average molecular weight is 315 g/mol. The fraction of sp³-hybridized carbons (Fsp3) is 0.294. The molecule has 0 radical (unpaired) electrons. The first-order valence-electron chi connectivity index (χ1n) is 7.40. The van der Waals surface area contributed by atoms with Crippen molar-refractivity contribution in [1.29, 1.82) is 0 Å². The highest BCUT2D eigenvalue weighted by Gasteiger charge is 2.10. The molecule has 2 aromatic rings. The summed E-state index contributed by atoms with van der Waals surface area (Å²) < 4.78 is 10.3. The lowest BCUT2D eigenvalue weighted by Gasteiger charge is -2.10. The van der Waals surface area contributed by atoms with Crippen LogP contribution in [0.5, 0.6) is 11.5 Å². The maximum atomic E-state index is 12.3. The van der Waals surface area contributed by atoms with Gasteiger partial charge in [-0.1, -0.05) is 6.92 Å². The van der Waals surface area contributed by atoms with Gasteiger partial charge in [-0.3, -0.25) is 4.79 Å². The van der Waals surface area contributed by atoms with Crippen molar-refractivity contribution in [2.45, 2.75) is 13.3 Å². The van der Waals surface area contributed by atoms with Crippen LogP contribution in [0, 0.1) is 0 Å². The lowest BCUT2D eigenvalue weighted by atomic mass is 10.2. The lowest BCUT2D eigenvalue weighted by Crippen LogP contribution is -2.12. The predicted molar refractivity (Wildman–Crippen MR) is 90.5 cm³/mol. The molecular weight excluding hydrogens is 294 g/mol. The predicted octanol–water partition coefficient (Wildman–Crippen LogP) is 3.17. The van der Waals surface area contributed by atoms with Gasteiger partial charge in [0.2, 0.25) is 0 Å². The van der Waals surface area contributed by atoms with E-state index in [-0.39, 0.29) is 5.91 Å². The van der Waals surface area contributed by atoms with E-state index in [1.54, 1.807) is 44.7 Å². The van der Waals surface area contributed by atoms with Crippen LogP contribution in [0.4, 0.5) is 11.5 Å². The average Bonchev–Trinajstić information content (AvgIpc) is 2.60. The zero-order valence-electron chi connectivity index (χ0n) is 13.6. The maximum absolute atomic E-state index is 12.3. The molecule has 1 aromatic heterocycles. The molecule has 0 saturated heterocycles. The van der Waals surface area contributed by atoms with Crippen LogP contribution >= 0.6 is 0 Å². The number of hydrogen-bond acceptors (Lipinski definition) is 5. The van der Waals surface area contributed by atoms with Crippen molar-refractivity contribution in [3.8, 4) is 11.5 Å². The maximum Gasteiger partial charge on any atom is 0.255 e. The highest BCUT2D eigenvalue weighted by Crippen LogP contribution is 2.23. The van der Waals surface area contributed by atoms with Crippen molar-refractivity contribution in [3.05, 3.63) is 42.1 Å². The third-order valence-electron chi connectivity index (χ3n) is 3.19. The number of ether oxygens (including phenoxy) is 2. The second kappa shape index (κ2) is 8.03. The number of benzene rings is 1. The van der Waals surface area contributed by atoms with Gasteiger partial charge in [-0.2, -0.15) is 0 Å². The smallest absolute Gasteiger partial charge is 0.255 e. The lowest BCUT2D eigenvalue weighted by molar-refractivity contribution is 0.102. The van der Waals surface area contributed by atoms with Crippen molar-refractivity contribution in [2.75, 3.05) is 31.4 Å². The minimum Gasteiger partial charge on any atom is -0.497 e. The summed E-state index contributed by atoms with van der Waals surface area (Å²) in [4.78, 5) is 16.6. The zero-order valence-corrected chi connectivity index (χ0v) is 13.6. The van der Waals surface area contributed by atoms with Crippen LogP contribution in [0.2, 0.25) is 0 Å². The van der Waals surface area contributed by atoms with Crippen LogP contribution in [-0.4, -0.2) is 31.7 Å². The largest absolute Gasteiger partial charge is 0.497 e. The molecule has 0 spiro atoms. The van der Waals surface area contributed by atoms with E-state index in [0.29, 0.717) is 22.7 Å². The number of pyridine rings is 1. The van der Waals surface area contributed by atoms with Gasteiger partial charge in [-0.25, -0.2) is 4.98 Å². The summed E-state index contributed by atoms with van der Waals surface area (Å²) in [6.07, 6.45) is 2.64. The van der Waals surface area contributed by atoms with Crippen molar-refractivity contribution in [2.24, 2.45) is 0 Å². The molecule has 0 unspecified atom stereocenters. The Bertz CT molecular complexity index is 634. The van der Waals surface area contributed by atoms with Gasteiger partial charge in [0, 0.05) is 18.2 Å². The summed E-state index contributed by atoms with van der Waals surface area (Å²) >= 11 is 0. The summed E-state index contributed by atoms with van der Waals surface area (Å²) in [5.41, 5.74) is 1.08. The Morgan fingerprint density at radius 3 is 2.35 bits per heavy atom. The van der Waals surface area contributed by atoms with Crippen LogP contribution in [0.15, 0.2) is 36.5 Å². The van der Waals surface area contributed by atoms with Crippen molar-refractivity contribution in [1.82, 2.24) is 4.98 Å². The van der Waals surface area contributed by atoms with E-state index in [1.807, 2.05) is 6.07 Å². The molecule has 2 N–H and O–H groups in total. The van der Waals surface area contributed by atoms with Crippen LogP contribution in [0.25, 0.3) is 0 Å². The second-order valence-corrected chi connectivity index (χ2v) is 4.91. The number of hydrogen-bond donors (Lipinski definition) is 2. The summed E-state index contributed by atoms with van der Waals surface area (Å²) in [5.74, 6) is 1.66. The molecule has 0 fully saturated rings. The summed E-state index contributed by atoms with van der Waals surface area (Å²) in [6, 6.07) is 8.66.